The lowest BCUT2D eigenvalue weighted by molar-refractivity contribution is -0.106. The lowest BCUT2D eigenvalue weighted by Gasteiger charge is -2.54. The van der Waals surface area contributed by atoms with E-state index in [4.69, 9.17) is 9.73 Å². The zero-order chi connectivity index (χ0) is 20.3. The van der Waals surface area contributed by atoms with Crippen LogP contribution in [0, 0.1) is 11.3 Å². The number of carbonyl (C=O) groups excluding carboxylic acids is 1. The molecule has 2 N–H and O–H groups in total. The van der Waals surface area contributed by atoms with Gasteiger partial charge in [-0.3, -0.25) is 9.79 Å². The standard InChI is InChI=1S/C22H34N4O2.HI/c1-6-23-21(25-18-17-11-13-28-19(17)22(18,2)3)24-12-10-15-8-7-9-16(14-15)20(27)26(4)5;/h7-9,14,17-19H,6,10-13H2,1-5H3,(H2,23,24,25);1H. The van der Waals surface area contributed by atoms with Crippen LogP contribution in [0.15, 0.2) is 29.3 Å². The smallest absolute Gasteiger partial charge is 0.253 e. The maximum Gasteiger partial charge on any atom is 0.253 e. The van der Waals surface area contributed by atoms with E-state index in [1.165, 1.54) is 0 Å². The number of guanidine groups is 1. The van der Waals surface area contributed by atoms with E-state index in [0.29, 0.717) is 24.6 Å². The Morgan fingerprint density at radius 2 is 2.10 bits per heavy atom. The highest BCUT2D eigenvalue weighted by Crippen LogP contribution is 2.52. The summed E-state index contributed by atoms with van der Waals surface area (Å²) in [4.78, 5) is 18.5. The molecule has 7 heteroatoms. The van der Waals surface area contributed by atoms with Gasteiger partial charge in [-0.05, 0) is 37.5 Å². The molecular formula is C22H35IN4O2. The number of nitrogens with zero attached hydrogens (tertiary/aromatic N) is 2. The van der Waals surface area contributed by atoms with Gasteiger partial charge in [0.2, 0.25) is 0 Å². The van der Waals surface area contributed by atoms with Crippen LogP contribution in [0.3, 0.4) is 0 Å². The normalized spacial score (nSPS) is 24.7. The summed E-state index contributed by atoms with van der Waals surface area (Å²) in [6.45, 7) is 9.00. The van der Waals surface area contributed by atoms with Crippen LogP contribution >= 0.6 is 24.0 Å². The average molecular weight is 514 g/mol. The molecule has 3 rings (SSSR count). The second kappa shape index (κ2) is 10.1. The Kier molecular flexibility index (Phi) is 8.34. The van der Waals surface area contributed by atoms with Gasteiger partial charge < -0.3 is 20.3 Å². The van der Waals surface area contributed by atoms with Gasteiger partial charge in [-0.15, -0.1) is 24.0 Å². The molecule has 3 unspecified atom stereocenters. The Balaban J connectivity index is 0.00000300. The minimum atomic E-state index is 0. The van der Waals surface area contributed by atoms with E-state index < -0.39 is 0 Å². The van der Waals surface area contributed by atoms with Crippen LogP contribution < -0.4 is 10.6 Å². The van der Waals surface area contributed by atoms with Gasteiger partial charge in [-0.2, -0.15) is 0 Å². The van der Waals surface area contributed by atoms with Crippen molar-refractivity contribution >= 4 is 35.8 Å². The zero-order valence-corrected chi connectivity index (χ0v) is 20.5. The predicted octanol–water partition coefficient (Wildman–Crippen LogP) is 2.92. The van der Waals surface area contributed by atoms with Gasteiger partial charge in [0.15, 0.2) is 5.96 Å². The maximum absolute atomic E-state index is 12.1. The number of aliphatic imine (C=N–C) groups is 1. The molecule has 0 aromatic heterocycles. The molecule has 2 fully saturated rings. The molecule has 1 saturated heterocycles. The molecule has 29 heavy (non-hydrogen) atoms. The van der Waals surface area contributed by atoms with Gasteiger partial charge in [-0.1, -0.05) is 26.0 Å². The van der Waals surface area contributed by atoms with Crippen LogP contribution in [-0.4, -0.2) is 62.7 Å². The molecule has 0 radical (unpaired) electrons. The third-order valence-electron chi connectivity index (χ3n) is 5.99. The number of benzene rings is 1. The molecule has 1 aromatic carbocycles. The third-order valence-corrected chi connectivity index (χ3v) is 5.99. The van der Waals surface area contributed by atoms with Crippen LogP contribution in [0.1, 0.15) is 43.1 Å². The lowest BCUT2D eigenvalue weighted by Crippen LogP contribution is -2.68. The van der Waals surface area contributed by atoms with E-state index in [-0.39, 0.29) is 35.3 Å². The fourth-order valence-corrected chi connectivity index (χ4v) is 4.50. The summed E-state index contributed by atoms with van der Waals surface area (Å²) < 4.78 is 5.89. The van der Waals surface area contributed by atoms with Crippen LogP contribution in [0.5, 0.6) is 0 Å². The average Bonchev–Trinajstić information content (AvgIpc) is 3.12. The van der Waals surface area contributed by atoms with E-state index in [9.17, 15) is 4.79 Å². The number of amides is 1. The highest BCUT2D eigenvalue weighted by molar-refractivity contribution is 14.0. The largest absolute Gasteiger partial charge is 0.377 e. The Hall–Kier alpha value is -1.35. The van der Waals surface area contributed by atoms with Crippen molar-refractivity contribution in [3.63, 3.8) is 0 Å². The van der Waals surface area contributed by atoms with Gasteiger partial charge in [0, 0.05) is 56.7 Å². The van der Waals surface area contributed by atoms with Crippen molar-refractivity contribution in [1.82, 2.24) is 15.5 Å². The number of nitrogens with one attached hydrogen (secondary N) is 2. The minimum Gasteiger partial charge on any atom is -0.377 e. The quantitative estimate of drug-likeness (QED) is 0.348. The molecule has 3 atom stereocenters. The van der Waals surface area contributed by atoms with Crippen molar-refractivity contribution in [3.05, 3.63) is 35.4 Å². The highest BCUT2D eigenvalue weighted by atomic mass is 127. The molecule has 1 amide bonds. The number of carbonyl (C=O) groups is 1. The number of hydrogen-bond donors (Lipinski definition) is 2. The lowest BCUT2D eigenvalue weighted by atomic mass is 9.57. The van der Waals surface area contributed by atoms with E-state index in [2.05, 4.69) is 37.5 Å². The second-order valence-electron chi connectivity index (χ2n) is 8.60. The molecule has 1 aromatic rings. The van der Waals surface area contributed by atoms with Gasteiger partial charge in [-0.25, -0.2) is 0 Å². The first kappa shape index (κ1) is 23.9. The van der Waals surface area contributed by atoms with Gasteiger partial charge in [0.1, 0.15) is 0 Å². The first-order chi connectivity index (χ1) is 13.3. The molecule has 1 aliphatic carbocycles. The summed E-state index contributed by atoms with van der Waals surface area (Å²) in [7, 11) is 3.55. The number of halogens is 1. The molecule has 162 valence electrons. The molecule has 1 saturated carbocycles. The fraction of sp³-hybridized carbons (Fsp3) is 0.636. The molecule has 1 heterocycles. The van der Waals surface area contributed by atoms with Crippen molar-refractivity contribution in [2.75, 3.05) is 33.8 Å². The van der Waals surface area contributed by atoms with Crippen molar-refractivity contribution in [2.24, 2.45) is 16.3 Å². The van der Waals surface area contributed by atoms with Gasteiger partial charge >= 0.3 is 0 Å². The first-order valence-electron chi connectivity index (χ1n) is 10.3. The van der Waals surface area contributed by atoms with Crippen LogP contribution in [-0.2, 0) is 11.2 Å². The Morgan fingerprint density at radius 1 is 1.34 bits per heavy atom. The number of fused-ring (bicyclic) bond motifs is 1. The van der Waals surface area contributed by atoms with Crippen molar-refractivity contribution in [2.45, 2.75) is 45.8 Å². The Labute approximate surface area is 191 Å². The van der Waals surface area contributed by atoms with Crippen molar-refractivity contribution in [3.8, 4) is 0 Å². The zero-order valence-electron chi connectivity index (χ0n) is 18.2. The number of ether oxygens (including phenoxy) is 1. The minimum absolute atomic E-state index is 0. The number of rotatable bonds is 6. The summed E-state index contributed by atoms with van der Waals surface area (Å²) in [5.41, 5.74) is 1.97. The Bertz CT molecular complexity index is 735. The van der Waals surface area contributed by atoms with E-state index in [1.54, 1.807) is 19.0 Å². The summed E-state index contributed by atoms with van der Waals surface area (Å²) in [6, 6.07) is 8.21. The highest BCUT2D eigenvalue weighted by Gasteiger charge is 2.59. The van der Waals surface area contributed by atoms with E-state index in [1.807, 2.05) is 18.2 Å². The topological polar surface area (TPSA) is 66.0 Å². The second-order valence-corrected chi connectivity index (χ2v) is 8.60. The van der Waals surface area contributed by atoms with Gasteiger partial charge in [0.05, 0.1) is 6.10 Å². The molecule has 0 spiro atoms. The maximum atomic E-state index is 12.1. The summed E-state index contributed by atoms with van der Waals surface area (Å²) in [6.07, 6.45) is 2.29. The number of hydrogen-bond acceptors (Lipinski definition) is 3. The van der Waals surface area contributed by atoms with Crippen molar-refractivity contribution in [1.29, 1.82) is 0 Å². The van der Waals surface area contributed by atoms with E-state index >= 15 is 0 Å². The van der Waals surface area contributed by atoms with Gasteiger partial charge in [0.25, 0.3) is 5.91 Å². The fourth-order valence-electron chi connectivity index (χ4n) is 4.50. The monoisotopic (exact) mass is 514 g/mol. The van der Waals surface area contributed by atoms with Crippen LogP contribution in [0.25, 0.3) is 0 Å². The third kappa shape index (κ3) is 5.23. The summed E-state index contributed by atoms with van der Waals surface area (Å²) in [5, 5.41) is 7.01. The van der Waals surface area contributed by atoms with Crippen LogP contribution in [0.4, 0.5) is 0 Å². The van der Waals surface area contributed by atoms with Crippen LogP contribution in [0.2, 0.25) is 0 Å². The first-order valence-corrected chi connectivity index (χ1v) is 10.3. The van der Waals surface area contributed by atoms with E-state index in [0.717, 1.165) is 43.1 Å². The molecule has 0 bridgehead atoms. The SMILES string of the molecule is CCNC(=NCCc1cccc(C(=O)N(C)C)c1)NC1C2CCOC2C1(C)C.I. The molecular weight excluding hydrogens is 479 g/mol. The molecule has 6 nitrogen and oxygen atoms in total. The molecule has 1 aliphatic heterocycles. The summed E-state index contributed by atoms with van der Waals surface area (Å²) in [5.74, 6) is 1.47. The molecule has 2 aliphatic rings. The van der Waals surface area contributed by atoms with Crippen molar-refractivity contribution < 1.29 is 9.53 Å². The predicted molar refractivity (Wildman–Crippen MR) is 128 cm³/mol. The Morgan fingerprint density at radius 3 is 2.79 bits per heavy atom. The summed E-state index contributed by atoms with van der Waals surface area (Å²) >= 11 is 0.